The van der Waals surface area contributed by atoms with Crippen molar-refractivity contribution in [2.24, 2.45) is 0 Å². The molecular formula is C21H18O2S. The van der Waals surface area contributed by atoms with Gasteiger partial charge in [-0.25, -0.2) is 0 Å². The number of phenolic OH excluding ortho intramolecular Hbond substituents is 1. The van der Waals surface area contributed by atoms with Crippen molar-refractivity contribution in [2.45, 2.75) is 18.7 Å². The highest BCUT2D eigenvalue weighted by molar-refractivity contribution is 8.14. The highest BCUT2D eigenvalue weighted by Gasteiger charge is 2.09. The second-order valence-electron chi connectivity index (χ2n) is 5.74. The Kier molecular flexibility index (Phi) is 4.72. The largest absolute Gasteiger partial charge is 0.507 e. The smallest absolute Gasteiger partial charge is 0.224 e. The van der Waals surface area contributed by atoms with Crippen molar-refractivity contribution in [1.29, 1.82) is 0 Å². The Morgan fingerprint density at radius 3 is 2.00 bits per heavy atom. The number of hydrogen-bond acceptors (Lipinski definition) is 3. The van der Waals surface area contributed by atoms with Gasteiger partial charge in [0.25, 0.3) is 0 Å². The minimum atomic E-state index is 0.0332. The zero-order valence-corrected chi connectivity index (χ0v) is 14.4. The van der Waals surface area contributed by atoms with Gasteiger partial charge in [0.1, 0.15) is 5.75 Å². The monoisotopic (exact) mass is 334 g/mol. The minimum absolute atomic E-state index is 0.0332. The number of hydrogen-bond donors (Lipinski definition) is 1. The number of aryl methyl sites for hydroxylation is 2. The van der Waals surface area contributed by atoms with Crippen molar-refractivity contribution < 1.29 is 9.90 Å². The maximum atomic E-state index is 12.3. The molecule has 120 valence electrons. The third-order valence-electron chi connectivity index (χ3n) is 3.90. The Morgan fingerprint density at radius 2 is 1.42 bits per heavy atom. The lowest BCUT2D eigenvalue weighted by Crippen LogP contribution is -1.93. The summed E-state index contributed by atoms with van der Waals surface area (Å²) in [5, 5.41) is 9.92. The van der Waals surface area contributed by atoms with Gasteiger partial charge in [-0.1, -0.05) is 30.3 Å². The molecule has 24 heavy (non-hydrogen) atoms. The zero-order valence-electron chi connectivity index (χ0n) is 13.6. The molecule has 2 nitrogen and oxygen atoms in total. The average molecular weight is 334 g/mol. The van der Waals surface area contributed by atoms with Crippen LogP contribution < -0.4 is 0 Å². The molecule has 0 spiro atoms. The van der Waals surface area contributed by atoms with E-state index in [4.69, 9.17) is 0 Å². The van der Waals surface area contributed by atoms with Gasteiger partial charge < -0.3 is 5.11 Å². The molecule has 0 saturated heterocycles. The molecule has 0 atom stereocenters. The van der Waals surface area contributed by atoms with Crippen LogP contribution in [-0.4, -0.2) is 10.2 Å². The molecule has 3 aromatic rings. The average Bonchev–Trinajstić information content (AvgIpc) is 2.60. The van der Waals surface area contributed by atoms with Gasteiger partial charge in [0.2, 0.25) is 5.12 Å². The van der Waals surface area contributed by atoms with Crippen LogP contribution in [0, 0.1) is 13.8 Å². The third-order valence-corrected chi connectivity index (χ3v) is 4.83. The number of phenols is 1. The second-order valence-corrected chi connectivity index (χ2v) is 6.78. The molecule has 3 rings (SSSR count). The first-order valence-electron chi connectivity index (χ1n) is 7.72. The van der Waals surface area contributed by atoms with Crippen LogP contribution in [0.2, 0.25) is 0 Å². The van der Waals surface area contributed by atoms with Crippen LogP contribution in [0.25, 0.3) is 11.1 Å². The number of rotatable bonds is 3. The minimum Gasteiger partial charge on any atom is -0.507 e. The summed E-state index contributed by atoms with van der Waals surface area (Å²) in [7, 11) is 0. The lowest BCUT2D eigenvalue weighted by Gasteiger charge is -2.09. The van der Waals surface area contributed by atoms with E-state index in [9.17, 15) is 9.90 Å². The van der Waals surface area contributed by atoms with Crippen molar-refractivity contribution in [2.75, 3.05) is 0 Å². The van der Waals surface area contributed by atoms with E-state index in [-0.39, 0.29) is 5.12 Å². The molecule has 0 amide bonds. The first-order chi connectivity index (χ1) is 11.5. The van der Waals surface area contributed by atoms with E-state index in [0.717, 1.165) is 27.1 Å². The first-order valence-corrected chi connectivity index (χ1v) is 8.54. The van der Waals surface area contributed by atoms with Gasteiger partial charge in [0, 0.05) is 10.5 Å². The molecule has 0 fully saturated rings. The second kappa shape index (κ2) is 6.93. The summed E-state index contributed by atoms with van der Waals surface area (Å²) in [6.07, 6.45) is 0. The molecule has 0 heterocycles. The highest BCUT2D eigenvalue weighted by Crippen LogP contribution is 2.30. The van der Waals surface area contributed by atoms with E-state index >= 15 is 0 Å². The van der Waals surface area contributed by atoms with Gasteiger partial charge in [-0.2, -0.15) is 0 Å². The standard InChI is InChI=1S/C21H18O2S/c1-14-12-18(13-15(2)20(14)22)16-8-10-17(11-9-16)21(23)24-19-6-4-3-5-7-19/h3-13,22H,1-2H3. The van der Waals surface area contributed by atoms with Gasteiger partial charge in [0.15, 0.2) is 0 Å². The van der Waals surface area contributed by atoms with E-state index in [2.05, 4.69) is 0 Å². The van der Waals surface area contributed by atoms with E-state index in [1.165, 1.54) is 11.8 Å². The van der Waals surface area contributed by atoms with Gasteiger partial charge in [-0.3, -0.25) is 4.79 Å². The molecule has 0 radical (unpaired) electrons. The maximum Gasteiger partial charge on any atom is 0.224 e. The van der Waals surface area contributed by atoms with Gasteiger partial charge in [-0.05, 0) is 84.3 Å². The van der Waals surface area contributed by atoms with E-state index in [1.807, 2.05) is 80.6 Å². The molecule has 0 aliphatic carbocycles. The lowest BCUT2D eigenvalue weighted by atomic mass is 9.99. The molecule has 0 aliphatic rings. The Morgan fingerprint density at radius 1 is 0.833 bits per heavy atom. The molecule has 0 unspecified atom stereocenters. The zero-order chi connectivity index (χ0) is 17.1. The highest BCUT2D eigenvalue weighted by atomic mass is 32.2. The number of carbonyl (C=O) groups excluding carboxylic acids is 1. The predicted molar refractivity (Wildman–Crippen MR) is 99.6 cm³/mol. The van der Waals surface area contributed by atoms with E-state index in [0.29, 0.717) is 11.3 Å². The van der Waals surface area contributed by atoms with Gasteiger partial charge >= 0.3 is 0 Å². The lowest BCUT2D eigenvalue weighted by molar-refractivity contribution is 0.108. The van der Waals surface area contributed by atoms with E-state index < -0.39 is 0 Å². The third kappa shape index (κ3) is 3.52. The van der Waals surface area contributed by atoms with Crippen molar-refractivity contribution >= 4 is 16.9 Å². The molecule has 0 aromatic heterocycles. The fraction of sp³-hybridized carbons (Fsp3) is 0.0952. The van der Waals surface area contributed by atoms with Crippen molar-refractivity contribution in [3.05, 3.63) is 83.4 Å². The number of thioether (sulfide) groups is 1. The summed E-state index contributed by atoms with van der Waals surface area (Å²) in [5.41, 5.74) is 4.45. The normalized spacial score (nSPS) is 10.6. The number of carbonyl (C=O) groups is 1. The predicted octanol–water partition coefficient (Wildman–Crippen LogP) is 5.61. The van der Waals surface area contributed by atoms with Crippen LogP contribution >= 0.6 is 11.8 Å². The molecule has 3 heteroatoms. The Bertz CT molecular complexity index is 845. The topological polar surface area (TPSA) is 37.3 Å². The number of benzene rings is 3. The summed E-state index contributed by atoms with van der Waals surface area (Å²) >= 11 is 1.23. The Hall–Kier alpha value is -2.52. The quantitative estimate of drug-likeness (QED) is 0.633. The summed E-state index contributed by atoms with van der Waals surface area (Å²) in [6, 6.07) is 21.2. The van der Waals surface area contributed by atoms with Crippen LogP contribution in [0.1, 0.15) is 21.5 Å². The summed E-state index contributed by atoms with van der Waals surface area (Å²) in [6.45, 7) is 3.78. The maximum absolute atomic E-state index is 12.3. The van der Waals surface area contributed by atoms with Crippen molar-refractivity contribution in [3.63, 3.8) is 0 Å². The Labute approximate surface area is 146 Å². The summed E-state index contributed by atoms with van der Waals surface area (Å²) in [5.74, 6) is 0.338. The molecule has 0 aliphatic heterocycles. The Balaban J connectivity index is 1.82. The first kappa shape index (κ1) is 16.3. The van der Waals surface area contributed by atoms with E-state index in [1.54, 1.807) is 0 Å². The fourth-order valence-electron chi connectivity index (χ4n) is 2.58. The SMILES string of the molecule is Cc1cc(-c2ccc(C(=O)Sc3ccccc3)cc2)cc(C)c1O. The van der Waals surface area contributed by atoms with Crippen molar-refractivity contribution in [3.8, 4) is 16.9 Å². The summed E-state index contributed by atoms with van der Waals surface area (Å²) in [4.78, 5) is 13.3. The molecule has 3 aromatic carbocycles. The molecule has 0 bridgehead atoms. The van der Waals surface area contributed by atoms with Crippen LogP contribution in [-0.2, 0) is 0 Å². The van der Waals surface area contributed by atoms with Crippen molar-refractivity contribution in [1.82, 2.24) is 0 Å². The molecule has 1 N–H and O–H groups in total. The van der Waals surface area contributed by atoms with Gasteiger partial charge in [-0.15, -0.1) is 0 Å². The summed E-state index contributed by atoms with van der Waals surface area (Å²) < 4.78 is 0. The fourth-order valence-corrected chi connectivity index (χ4v) is 3.34. The van der Waals surface area contributed by atoms with Gasteiger partial charge in [0.05, 0.1) is 0 Å². The molecule has 0 saturated carbocycles. The number of aromatic hydroxyl groups is 1. The van der Waals surface area contributed by atoms with Crippen LogP contribution in [0.15, 0.2) is 71.6 Å². The van der Waals surface area contributed by atoms with Crippen LogP contribution in [0.3, 0.4) is 0 Å². The van der Waals surface area contributed by atoms with Crippen LogP contribution in [0.5, 0.6) is 5.75 Å². The molecular weight excluding hydrogens is 316 g/mol. The van der Waals surface area contributed by atoms with Crippen LogP contribution in [0.4, 0.5) is 0 Å².